The van der Waals surface area contributed by atoms with Gasteiger partial charge in [-0.1, -0.05) is 6.92 Å². The maximum atomic E-state index is 12.0. The fraction of sp³-hybridized carbons (Fsp3) is 0.867. The van der Waals surface area contributed by atoms with E-state index in [2.05, 4.69) is 10.3 Å². The topological polar surface area (TPSA) is 74.2 Å². The van der Waals surface area contributed by atoms with Crippen molar-refractivity contribution in [2.45, 2.75) is 46.1 Å². The average molecular weight is 299 g/mol. The number of aliphatic hydroxyl groups is 1. The molecule has 1 atom stereocenters. The summed E-state index contributed by atoms with van der Waals surface area (Å²) in [5.74, 6) is 1.17. The molecule has 1 unspecified atom stereocenters. The minimum Gasteiger partial charge on any atom is -0.444 e. The molecule has 6 nitrogen and oxygen atoms in total. The first-order chi connectivity index (χ1) is 9.81. The van der Waals surface area contributed by atoms with Crippen molar-refractivity contribution in [2.24, 2.45) is 10.9 Å². The second kappa shape index (κ2) is 8.22. The lowest BCUT2D eigenvalue weighted by Crippen LogP contribution is -2.47. The molecule has 1 aliphatic rings. The van der Waals surface area contributed by atoms with Crippen LogP contribution in [0.1, 0.15) is 40.5 Å². The standard InChI is InChI=1S/C15H29N3O3/c1-12(11-19)6-5-7-16-13-10-18(9-8-17-13)14(20)21-15(2,3)4/h12,19H,5-11H2,1-4H3,(H,16,17). The number of carbonyl (C=O) groups excluding carboxylic acids is 1. The van der Waals surface area contributed by atoms with Gasteiger partial charge in [0.15, 0.2) is 0 Å². The molecule has 1 rings (SSSR count). The molecule has 1 amide bonds. The maximum absolute atomic E-state index is 12.0. The molecule has 0 saturated carbocycles. The molecule has 1 heterocycles. The van der Waals surface area contributed by atoms with Crippen molar-refractivity contribution in [1.29, 1.82) is 0 Å². The second-order valence-electron chi connectivity index (χ2n) is 6.59. The molecule has 0 aromatic rings. The first-order valence-corrected chi connectivity index (χ1v) is 7.68. The number of ether oxygens (including phenoxy) is 1. The van der Waals surface area contributed by atoms with E-state index in [-0.39, 0.29) is 12.7 Å². The van der Waals surface area contributed by atoms with Gasteiger partial charge in [0.25, 0.3) is 0 Å². The highest BCUT2D eigenvalue weighted by Gasteiger charge is 2.24. The summed E-state index contributed by atoms with van der Waals surface area (Å²) in [7, 11) is 0. The summed E-state index contributed by atoms with van der Waals surface area (Å²) in [6.07, 6.45) is 1.67. The number of nitrogens with zero attached hydrogens (tertiary/aromatic N) is 2. The number of aliphatic hydroxyl groups excluding tert-OH is 1. The van der Waals surface area contributed by atoms with Crippen LogP contribution in [0, 0.1) is 5.92 Å². The van der Waals surface area contributed by atoms with E-state index in [1.807, 2.05) is 27.7 Å². The quantitative estimate of drug-likeness (QED) is 0.757. The fourth-order valence-corrected chi connectivity index (χ4v) is 1.98. The van der Waals surface area contributed by atoms with Crippen LogP contribution in [0.4, 0.5) is 4.79 Å². The van der Waals surface area contributed by atoms with Crippen molar-refractivity contribution in [3.05, 3.63) is 0 Å². The van der Waals surface area contributed by atoms with Gasteiger partial charge in [0.2, 0.25) is 0 Å². The smallest absolute Gasteiger partial charge is 0.410 e. The molecule has 0 bridgehead atoms. The summed E-state index contributed by atoms with van der Waals surface area (Å²) in [5.41, 5.74) is -0.473. The van der Waals surface area contributed by atoms with Crippen LogP contribution in [0.2, 0.25) is 0 Å². The van der Waals surface area contributed by atoms with Gasteiger partial charge in [0.1, 0.15) is 11.4 Å². The lowest BCUT2D eigenvalue weighted by atomic mass is 10.1. The Balaban J connectivity index is 2.32. The Labute approximate surface area is 127 Å². The van der Waals surface area contributed by atoms with Gasteiger partial charge < -0.3 is 15.2 Å². The first kappa shape index (κ1) is 17.8. The average Bonchev–Trinajstić information content (AvgIpc) is 2.41. The minimum atomic E-state index is -0.473. The molecule has 21 heavy (non-hydrogen) atoms. The van der Waals surface area contributed by atoms with Gasteiger partial charge in [0.05, 0.1) is 13.1 Å². The highest BCUT2D eigenvalue weighted by atomic mass is 16.6. The van der Waals surface area contributed by atoms with Crippen molar-refractivity contribution in [1.82, 2.24) is 10.2 Å². The Kier molecular flexibility index (Phi) is 6.95. The fourth-order valence-electron chi connectivity index (χ4n) is 1.98. The summed E-state index contributed by atoms with van der Waals surface area (Å²) < 4.78 is 5.37. The molecular formula is C15H29N3O3. The van der Waals surface area contributed by atoms with E-state index in [4.69, 9.17) is 9.84 Å². The van der Waals surface area contributed by atoms with Gasteiger partial charge in [-0.3, -0.25) is 9.89 Å². The Morgan fingerprint density at radius 1 is 1.52 bits per heavy atom. The molecule has 1 aliphatic heterocycles. The lowest BCUT2D eigenvalue weighted by Gasteiger charge is -2.30. The van der Waals surface area contributed by atoms with E-state index in [1.54, 1.807) is 4.90 Å². The molecule has 0 spiro atoms. The summed E-state index contributed by atoms with van der Waals surface area (Å²) in [5, 5.41) is 12.2. The molecular weight excluding hydrogens is 270 g/mol. The molecule has 0 aromatic carbocycles. The summed E-state index contributed by atoms with van der Waals surface area (Å²) >= 11 is 0. The van der Waals surface area contributed by atoms with Crippen LogP contribution in [0.5, 0.6) is 0 Å². The van der Waals surface area contributed by atoms with Crippen LogP contribution in [0.25, 0.3) is 0 Å². The molecule has 0 radical (unpaired) electrons. The van der Waals surface area contributed by atoms with E-state index in [0.29, 0.717) is 25.6 Å². The lowest BCUT2D eigenvalue weighted by molar-refractivity contribution is 0.0276. The van der Waals surface area contributed by atoms with Gasteiger partial charge in [-0.2, -0.15) is 0 Å². The Bertz CT molecular complexity index is 364. The third-order valence-corrected chi connectivity index (χ3v) is 3.18. The number of amidine groups is 1. The van der Waals surface area contributed by atoms with E-state index >= 15 is 0 Å². The minimum absolute atomic E-state index is 0.230. The van der Waals surface area contributed by atoms with E-state index in [1.165, 1.54) is 0 Å². The predicted molar refractivity (Wildman–Crippen MR) is 83.6 cm³/mol. The van der Waals surface area contributed by atoms with Crippen LogP contribution in [0.15, 0.2) is 4.99 Å². The van der Waals surface area contributed by atoms with Crippen molar-refractivity contribution in [3.63, 3.8) is 0 Å². The third-order valence-electron chi connectivity index (χ3n) is 3.18. The van der Waals surface area contributed by atoms with Crippen LogP contribution in [-0.2, 0) is 4.74 Å². The zero-order chi connectivity index (χ0) is 15.9. The number of hydrogen-bond donors (Lipinski definition) is 2. The normalized spacial score (nSPS) is 17.2. The number of rotatable bonds is 5. The largest absolute Gasteiger partial charge is 0.444 e. The summed E-state index contributed by atoms with van der Waals surface area (Å²) in [6.45, 7) is 10.3. The summed E-state index contributed by atoms with van der Waals surface area (Å²) in [6, 6.07) is 0. The van der Waals surface area contributed by atoms with Crippen LogP contribution in [0.3, 0.4) is 0 Å². The molecule has 0 saturated heterocycles. The van der Waals surface area contributed by atoms with Crippen LogP contribution < -0.4 is 5.32 Å². The van der Waals surface area contributed by atoms with Crippen LogP contribution in [-0.4, -0.2) is 60.3 Å². The maximum Gasteiger partial charge on any atom is 0.410 e. The Morgan fingerprint density at radius 3 is 2.86 bits per heavy atom. The first-order valence-electron chi connectivity index (χ1n) is 7.68. The highest BCUT2D eigenvalue weighted by Crippen LogP contribution is 2.11. The van der Waals surface area contributed by atoms with Crippen molar-refractivity contribution < 1.29 is 14.6 Å². The number of hydrogen-bond acceptors (Lipinski definition) is 5. The van der Waals surface area contributed by atoms with Crippen molar-refractivity contribution in [3.8, 4) is 0 Å². The Hall–Kier alpha value is -1.30. The second-order valence-corrected chi connectivity index (χ2v) is 6.59. The predicted octanol–water partition coefficient (Wildman–Crippen LogP) is 1.63. The van der Waals surface area contributed by atoms with E-state index in [0.717, 1.165) is 25.2 Å². The molecule has 6 heteroatoms. The zero-order valence-electron chi connectivity index (χ0n) is 13.7. The zero-order valence-corrected chi connectivity index (χ0v) is 13.7. The number of amides is 1. The van der Waals surface area contributed by atoms with Gasteiger partial charge >= 0.3 is 6.09 Å². The highest BCUT2D eigenvalue weighted by molar-refractivity contribution is 5.87. The summed E-state index contributed by atoms with van der Waals surface area (Å²) in [4.78, 5) is 18.1. The van der Waals surface area contributed by atoms with Crippen molar-refractivity contribution >= 4 is 11.9 Å². The molecule has 0 aliphatic carbocycles. The monoisotopic (exact) mass is 299 g/mol. The SMILES string of the molecule is CC(CO)CCCNC1=NCCN(C(=O)OC(C)(C)C)C1. The van der Waals surface area contributed by atoms with Gasteiger partial charge in [-0.05, 0) is 39.5 Å². The molecule has 0 aromatic heterocycles. The van der Waals surface area contributed by atoms with Gasteiger partial charge in [-0.15, -0.1) is 0 Å². The number of nitrogens with one attached hydrogen (secondary N) is 1. The van der Waals surface area contributed by atoms with Crippen molar-refractivity contribution in [2.75, 3.05) is 32.8 Å². The van der Waals surface area contributed by atoms with Crippen LogP contribution >= 0.6 is 0 Å². The number of carbonyl (C=O) groups is 1. The van der Waals surface area contributed by atoms with Gasteiger partial charge in [-0.25, -0.2) is 4.79 Å². The molecule has 0 fully saturated rings. The Morgan fingerprint density at radius 2 is 2.24 bits per heavy atom. The molecule has 2 N–H and O–H groups in total. The van der Waals surface area contributed by atoms with E-state index in [9.17, 15) is 4.79 Å². The number of aliphatic imine (C=N–C) groups is 1. The third kappa shape index (κ3) is 7.32. The molecule has 122 valence electrons. The van der Waals surface area contributed by atoms with Gasteiger partial charge in [0, 0.05) is 19.7 Å². The van der Waals surface area contributed by atoms with E-state index < -0.39 is 5.60 Å².